The molecule has 0 saturated heterocycles. The number of nitrogens with one attached hydrogen (secondary N) is 2. The molecule has 12 heteroatoms. The molecular formula is C27H25FN4O5S2. The van der Waals surface area contributed by atoms with E-state index in [1.54, 1.807) is 32.9 Å². The number of fused-ring (bicyclic) bond motifs is 1. The summed E-state index contributed by atoms with van der Waals surface area (Å²) in [5.41, 5.74) is 1.22. The molecule has 0 saturated carbocycles. The summed E-state index contributed by atoms with van der Waals surface area (Å²) in [4.78, 5) is 29.2. The first kappa shape index (κ1) is 27.8. The lowest BCUT2D eigenvalue weighted by Gasteiger charge is -2.19. The van der Waals surface area contributed by atoms with Crippen molar-refractivity contribution in [3.63, 3.8) is 0 Å². The Labute approximate surface area is 228 Å². The highest BCUT2D eigenvalue weighted by Crippen LogP contribution is 2.37. The molecule has 2 aromatic heterocycles. The average molecular weight is 569 g/mol. The summed E-state index contributed by atoms with van der Waals surface area (Å²) in [6, 6.07) is 8.78. The van der Waals surface area contributed by atoms with Crippen LogP contribution in [0.25, 0.3) is 20.7 Å². The Morgan fingerprint density at radius 1 is 1.15 bits per heavy atom. The molecule has 1 amide bonds. The van der Waals surface area contributed by atoms with E-state index in [1.165, 1.54) is 42.0 Å². The van der Waals surface area contributed by atoms with Crippen LogP contribution in [0.15, 0.2) is 47.4 Å². The molecule has 0 aliphatic heterocycles. The normalized spacial score (nSPS) is 11.3. The fourth-order valence-electron chi connectivity index (χ4n) is 4.00. The molecule has 0 fully saturated rings. The number of nitrogens with zero attached hydrogens (tertiary/aromatic N) is 2. The molecule has 4 aromatic rings. The molecule has 0 bridgehead atoms. The maximum absolute atomic E-state index is 13.9. The lowest BCUT2D eigenvalue weighted by atomic mass is 10.1. The van der Waals surface area contributed by atoms with Crippen molar-refractivity contribution in [2.45, 2.75) is 27.7 Å². The number of thiophene rings is 1. The van der Waals surface area contributed by atoms with Crippen LogP contribution in [-0.4, -0.2) is 31.2 Å². The Bertz CT molecular complexity index is 1800. The number of aryl methyl sites for hydroxylation is 2. The second kappa shape index (κ2) is 10.9. The topological polar surface area (TPSA) is 111 Å². The van der Waals surface area contributed by atoms with Crippen LogP contribution in [0.2, 0.25) is 0 Å². The standard InChI is InChI=1S/C27H25FN4O5S2/c1-6-30-27(34)23-13-21-26(38-23)24(33)19(29-5)14-32(21)20-12-18(31-39(35,36)7-2)8-9-22(20)37-25-15(3)10-17(28)11-16(25)4/h8-14,31H,6-7H2,1-4H3,(H,30,34). The second-order valence-corrected chi connectivity index (χ2v) is 11.7. The molecule has 2 N–H and O–H groups in total. The average Bonchev–Trinajstić information content (AvgIpc) is 3.33. The maximum Gasteiger partial charge on any atom is 0.261 e. The summed E-state index contributed by atoms with van der Waals surface area (Å²) in [6.07, 6.45) is 1.33. The van der Waals surface area contributed by atoms with E-state index in [9.17, 15) is 22.4 Å². The van der Waals surface area contributed by atoms with Crippen LogP contribution in [0.5, 0.6) is 11.5 Å². The fourth-order valence-corrected chi connectivity index (χ4v) is 5.65. The van der Waals surface area contributed by atoms with Crippen LogP contribution in [0, 0.1) is 26.2 Å². The Balaban J connectivity index is 2.01. The minimum absolute atomic E-state index is 0.154. The molecule has 202 valence electrons. The first-order valence-corrected chi connectivity index (χ1v) is 14.4. The van der Waals surface area contributed by atoms with Gasteiger partial charge in [-0.3, -0.25) is 9.52 Å². The minimum atomic E-state index is -3.63. The lowest BCUT2D eigenvalue weighted by Crippen LogP contribution is -2.21. The van der Waals surface area contributed by atoms with Gasteiger partial charge in [0, 0.05) is 12.7 Å². The number of benzene rings is 2. The smallest absolute Gasteiger partial charge is 0.261 e. The van der Waals surface area contributed by atoms with E-state index < -0.39 is 21.3 Å². The van der Waals surface area contributed by atoms with Gasteiger partial charge in [0.25, 0.3) is 11.6 Å². The summed E-state index contributed by atoms with van der Waals surface area (Å²) in [6.45, 7) is 14.6. The largest absolute Gasteiger partial charge is 0.455 e. The van der Waals surface area contributed by atoms with Gasteiger partial charge in [-0.15, -0.1) is 11.3 Å². The van der Waals surface area contributed by atoms with Gasteiger partial charge in [0.2, 0.25) is 15.5 Å². The van der Waals surface area contributed by atoms with Gasteiger partial charge >= 0.3 is 0 Å². The number of hydrogen-bond donors (Lipinski definition) is 2. The summed E-state index contributed by atoms with van der Waals surface area (Å²) in [5, 5.41) is 2.70. The van der Waals surface area contributed by atoms with Crippen molar-refractivity contribution in [2.24, 2.45) is 0 Å². The predicted octanol–water partition coefficient (Wildman–Crippen LogP) is 5.66. The molecule has 0 atom stereocenters. The lowest BCUT2D eigenvalue weighted by molar-refractivity contribution is 0.0960. The molecule has 2 aromatic carbocycles. The van der Waals surface area contributed by atoms with Crippen molar-refractivity contribution in [3.05, 3.63) is 86.1 Å². The number of ether oxygens (including phenoxy) is 1. The fraction of sp³-hybridized carbons (Fsp3) is 0.222. The van der Waals surface area contributed by atoms with Gasteiger partial charge in [0.15, 0.2) is 5.75 Å². The predicted molar refractivity (Wildman–Crippen MR) is 151 cm³/mol. The minimum Gasteiger partial charge on any atom is -0.455 e. The number of hydrogen-bond acceptors (Lipinski definition) is 6. The van der Waals surface area contributed by atoms with Crippen LogP contribution in [0.3, 0.4) is 0 Å². The zero-order chi connectivity index (χ0) is 28.5. The molecule has 39 heavy (non-hydrogen) atoms. The third kappa shape index (κ3) is 5.64. The molecule has 0 aliphatic rings. The van der Waals surface area contributed by atoms with Crippen molar-refractivity contribution in [1.82, 2.24) is 9.88 Å². The van der Waals surface area contributed by atoms with E-state index in [0.717, 1.165) is 11.3 Å². The molecule has 9 nitrogen and oxygen atoms in total. The van der Waals surface area contributed by atoms with E-state index in [2.05, 4.69) is 14.9 Å². The third-order valence-corrected chi connectivity index (χ3v) is 8.28. The number of anilines is 1. The number of pyridine rings is 1. The van der Waals surface area contributed by atoms with Crippen molar-refractivity contribution in [3.8, 4) is 17.2 Å². The number of sulfonamides is 1. The number of aromatic nitrogens is 1. The Hall–Kier alpha value is -4.21. The Morgan fingerprint density at radius 2 is 1.85 bits per heavy atom. The quantitative estimate of drug-likeness (QED) is 0.267. The summed E-state index contributed by atoms with van der Waals surface area (Å²) < 4.78 is 49.0. The van der Waals surface area contributed by atoms with Crippen LogP contribution in [-0.2, 0) is 10.0 Å². The van der Waals surface area contributed by atoms with E-state index in [1.807, 2.05) is 0 Å². The van der Waals surface area contributed by atoms with Crippen LogP contribution in [0.4, 0.5) is 15.8 Å². The Kier molecular flexibility index (Phi) is 7.76. The molecular weight excluding hydrogens is 543 g/mol. The molecule has 4 rings (SSSR count). The Morgan fingerprint density at radius 3 is 2.46 bits per heavy atom. The zero-order valence-corrected chi connectivity index (χ0v) is 23.2. The van der Waals surface area contributed by atoms with Crippen molar-refractivity contribution < 1.29 is 22.3 Å². The number of rotatable bonds is 8. The van der Waals surface area contributed by atoms with Gasteiger partial charge in [-0.2, -0.15) is 0 Å². The molecule has 0 aliphatic carbocycles. The second-order valence-electron chi connectivity index (χ2n) is 8.67. The SMILES string of the molecule is [C-]#[N+]c1cn(-c2cc(NS(=O)(=O)CC)ccc2Oc2c(C)cc(F)cc2C)c2cc(C(=O)NCC)sc2c1=O. The van der Waals surface area contributed by atoms with E-state index in [4.69, 9.17) is 11.3 Å². The number of carbonyl (C=O) groups excluding carboxylic acids is 1. The first-order valence-electron chi connectivity index (χ1n) is 11.9. The van der Waals surface area contributed by atoms with Gasteiger partial charge < -0.3 is 19.4 Å². The molecule has 0 spiro atoms. The summed E-state index contributed by atoms with van der Waals surface area (Å²) in [7, 11) is -3.63. The number of amides is 1. The van der Waals surface area contributed by atoms with Crippen LogP contribution in [0.1, 0.15) is 34.6 Å². The highest BCUT2D eigenvalue weighted by atomic mass is 32.2. The maximum atomic E-state index is 13.9. The monoisotopic (exact) mass is 568 g/mol. The third-order valence-electron chi connectivity index (χ3n) is 5.85. The van der Waals surface area contributed by atoms with Gasteiger partial charge in [-0.05, 0) is 75.2 Å². The molecule has 2 heterocycles. The van der Waals surface area contributed by atoms with Crippen LogP contribution < -0.4 is 20.2 Å². The summed E-state index contributed by atoms with van der Waals surface area (Å²) >= 11 is 0.962. The molecule has 0 unspecified atom stereocenters. The van der Waals surface area contributed by atoms with E-state index in [0.29, 0.717) is 34.6 Å². The van der Waals surface area contributed by atoms with Gasteiger partial charge in [0.05, 0.1) is 38.8 Å². The zero-order valence-electron chi connectivity index (χ0n) is 21.6. The van der Waals surface area contributed by atoms with Crippen LogP contribution >= 0.6 is 11.3 Å². The highest BCUT2D eigenvalue weighted by Gasteiger charge is 2.21. The highest BCUT2D eigenvalue weighted by molar-refractivity contribution is 7.92. The van der Waals surface area contributed by atoms with Gasteiger partial charge in [-0.1, -0.05) is 0 Å². The van der Waals surface area contributed by atoms with E-state index in [-0.39, 0.29) is 38.4 Å². The number of carbonyl (C=O) groups is 1. The van der Waals surface area contributed by atoms with Crippen molar-refractivity contribution >= 4 is 48.9 Å². The number of halogens is 1. The van der Waals surface area contributed by atoms with Gasteiger partial charge in [0.1, 0.15) is 11.6 Å². The van der Waals surface area contributed by atoms with Crippen molar-refractivity contribution in [2.75, 3.05) is 17.0 Å². The first-order chi connectivity index (χ1) is 18.5. The molecule has 0 radical (unpaired) electrons. The summed E-state index contributed by atoms with van der Waals surface area (Å²) in [5.74, 6) is -0.289. The van der Waals surface area contributed by atoms with Gasteiger partial charge in [-0.25, -0.2) is 17.7 Å². The van der Waals surface area contributed by atoms with Crippen molar-refractivity contribution in [1.29, 1.82) is 0 Å². The van der Waals surface area contributed by atoms with E-state index >= 15 is 0 Å².